The molecule has 4 nitrogen and oxygen atoms in total. The lowest BCUT2D eigenvalue weighted by atomic mass is 10.4. The standard InChI is InChI=1S/C8H8N4/c1-2-6(1)8-11-10-7-5-9-3-4-12(7)8/h3-6H,1-2H2. The van der Waals surface area contributed by atoms with Gasteiger partial charge in [-0.25, -0.2) is 0 Å². The quantitative estimate of drug-likeness (QED) is 0.625. The van der Waals surface area contributed by atoms with Crippen LogP contribution in [0.5, 0.6) is 0 Å². The van der Waals surface area contributed by atoms with Crippen LogP contribution in [0.25, 0.3) is 5.65 Å². The molecule has 1 aliphatic rings. The molecule has 2 aromatic rings. The second-order valence-corrected chi connectivity index (χ2v) is 3.14. The Bertz CT molecular complexity index is 416. The molecule has 2 heterocycles. The second-order valence-electron chi connectivity index (χ2n) is 3.14. The smallest absolute Gasteiger partial charge is 0.179 e. The predicted octanol–water partition coefficient (Wildman–Crippen LogP) is 1.00. The van der Waals surface area contributed by atoms with Crippen molar-refractivity contribution in [3.8, 4) is 0 Å². The minimum absolute atomic E-state index is 0.641. The fourth-order valence-corrected chi connectivity index (χ4v) is 1.39. The van der Waals surface area contributed by atoms with E-state index in [0.717, 1.165) is 11.5 Å². The summed E-state index contributed by atoms with van der Waals surface area (Å²) < 4.78 is 2.02. The summed E-state index contributed by atoms with van der Waals surface area (Å²) in [5, 5.41) is 8.16. The van der Waals surface area contributed by atoms with Gasteiger partial charge >= 0.3 is 0 Å². The molecule has 1 fully saturated rings. The molecule has 60 valence electrons. The highest BCUT2D eigenvalue weighted by molar-refractivity contribution is 5.35. The summed E-state index contributed by atoms with van der Waals surface area (Å²) in [6, 6.07) is 0. The third-order valence-electron chi connectivity index (χ3n) is 2.18. The van der Waals surface area contributed by atoms with Crippen molar-refractivity contribution in [2.75, 3.05) is 0 Å². The van der Waals surface area contributed by atoms with E-state index in [2.05, 4.69) is 15.2 Å². The van der Waals surface area contributed by atoms with Crippen molar-refractivity contribution in [2.45, 2.75) is 18.8 Å². The second kappa shape index (κ2) is 2.03. The lowest BCUT2D eigenvalue weighted by Crippen LogP contribution is -1.91. The zero-order valence-electron chi connectivity index (χ0n) is 6.51. The number of aromatic nitrogens is 4. The highest BCUT2D eigenvalue weighted by Crippen LogP contribution is 2.38. The first-order valence-electron chi connectivity index (χ1n) is 4.10. The minimum atomic E-state index is 0.641. The van der Waals surface area contributed by atoms with Crippen LogP contribution in [0.3, 0.4) is 0 Å². The average molecular weight is 160 g/mol. The summed E-state index contributed by atoms with van der Waals surface area (Å²) in [6.45, 7) is 0. The molecule has 0 N–H and O–H groups in total. The highest BCUT2D eigenvalue weighted by atomic mass is 15.3. The van der Waals surface area contributed by atoms with Gasteiger partial charge in [-0.3, -0.25) is 9.38 Å². The van der Waals surface area contributed by atoms with Crippen LogP contribution in [0.4, 0.5) is 0 Å². The van der Waals surface area contributed by atoms with E-state index in [1.807, 2.05) is 10.6 Å². The minimum Gasteiger partial charge on any atom is -0.283 e. The molecule has 4 heteroatoms. The van der Waals surface area contributed by atoms with E-state index < -0.39 is 0 Å². The van der Waals surface area contributed by atoms with Gasteiger partial charge in [0.1, 0.15) is 5.82 Å². The number of fused-ring (bicyclic) bond motifs is 1. The molecule has 0 saturated heterocycles. The summed E-state index contributed by atoms with van der Waals surface area (Å²) in [5.41, 5.74) is 0.847. The molecule has 3 rings (SSSR count). The Balaban J connectivity index is 2.30. The van der Waals surface area contributed by atoms with Crippen molar-refractivity contribution in [1.82, 2.24) is 19.6 Å². The molecule has 1 aliphatic carbocycles. The summed E-state index contributed by atoms with van der Waals surface area (Å²) in [5.74, 6) is 1.73. The highest BCUT2D eigenvalue weighted by Gasteiger charge is 2.28. The Hall–Kier alpha value is -1.45. The van der Waals surface area contributed by atoms with E-state index in [1.54, 1.807) is 12.4 Å². The molecule has 12 heavy (non-hydrogen) atoms. The predicted molar refractivity (Wildman–Crippen MR) is 42.8 cm³/mol. The Morgan fingerprint density at radius 1 is 1.33 bits per heavy atom. The van der Waals surface area contributed by atoms with Gasteiger partial charge in [0.05, 0.1) is 6.20 Å². The zero-order chi connectivity index (χ0) is 7.97. The maximum absolute atomic E-state index is 4.13. The lowest BCUT2D eigenvalue weighted by Gasteiger charge is -1.93. The average Bonchev–Trinajstić information content (AvgIpc) is 2.86. The fourth-order valence-electron chi connectivity index (χ4n) is 1.39. The monoisotopic (exact) mass is 160 g/mol. The number of nitrogens with zero attached hydrogens (tertiary/aromatic N) is 4. The van der Waals surface area contributed by atoms with Gasteiger partial charge in [-0.1, -0.05) is 0 Å². The number of rotatable bonds is 1. The van der Waals surface area contributed by atoms with Gasteiger partial charge in [-0.15, -0.1) is 10.2 Å². The molecular formula is C8H8N4. The van der Waals surface area contributed by atoms with Crippen molar-refractivity contribution in [3.05, 3.63) is 24.4 Å². The normalized spacial score (nSPS) is 17.0. The molecular weight excluding hydrogens is 152 g/mol. The first-order chi connectivity index (χ1) is 5.95. The Morgan fingerprint density at radius 3 is 3.08 bits per heavy atom. The molecule has 0 aromatic carbocycles. The van der Waals surface area contributed by atoms with Crippen molar-refractivity contribution in [1.29, 1.82) is 0 Å². The first-order valence-corrected chi connectivity index (χ1v) is 4.10. The van der Waals surface area contributed by atoms with Crippen molar-refractivity contribution >= 4 is 5.65 Å². The van der Waals surface area contributed by atoms with E-state index >= 15 is 0 Å². The van der Waals surface area contributed by atoms with Crippen LogP contribution in [-0.4, -0.2) is 19.6 Å². The van der Waals surface area contributed by atoms with Crippen LogP contribution in [0, 0.1) is 0 Å². The fraction of sp³-hybridized carbons (Fsp3) is 0.375. The van der Waals surface area contributed by atoms with Crippen molar-refractivity contribution in [3.63, 3.8) is 0 Å². The van der Waals surface area contributed by atoms with E-state index in [4.69, 9.17) is 0 Å². The van der Waals surface area contributed by atoms with Crippen molar-refractivity contribution < 1.29 is 0 Å². The van der Waals surface area contributed by atoms with E-state index in [1.165, 1.54) is 12.8 Å². The summed E-state index contributed by atoms with van der Waals surface area (Å²) in [6.07, 6.45) is 7.93. The van der Waals surface area contributed by atoms with Crippen LogP contribution >= 0.6 is 0 Å². The summed E-state index contributed by atoms with van der Waals surface area (Å²) >= 11 is 0. The molecule has 0 unspecified atom stereocenters. The van der Waals surface area contributed by atoms with Gasteiger partial charge in [0.15, 0.2) is 5.65 Å². The first kappa shape index (κ1) is 6.11. The molecule has 0 bridgehead atoms. The van der Waals surface area contributed by atoms with Gasteiger partial charge in [0, 0.05) is 18.3 Å². The third kappa shape index (κ3) is 0.747. The largest absolute Gasteiger partial charge is 0.283 e. The topological polar surface area (TPSA) is 43.1 Å². The third-order valence-corrected chi connectivity index (χ3v) is 2.18. The lowest BCUT2D eigenvalue weighted by molar-refractivity contribution is 0.895. The number of hydrogen-bond donors (Lipinski definition) is 0. The Labute approximate surface area is 69.3 Å². The van der Waals surface area contributed by atoms with Gasteiger partial charge in [-0.05, 0) is 12.8 Å². The Kier molecular flexibility index (Phi) is 1.03. The van der Waals surface area contributed by atoms with Crippen LogP contribution in [0.1, 0.15) is 24.6 Å². The molecule has 2 aromatic heterocycles. The maximum atomic E-state index is 4.13. The van der Waals surface area contributed by atoms with Crippen LogP contribution < -0.4 is 0 Å². The molecule has 0 spiro atoms. The molecule has 0 atom stereocenters. The Morgan fingerprint density at radius 2 is 2.25 bits per heavy atom. The molecule has 0 radical (unpaired) electrons. The van der Waals surface area contributed by atoms with Crippen molar-refractivity contribution in [2.24, 2.45) is 0 Å². The molecule has 0 aliphatic heterocycles. The van der Waals surface area contributed by atoms with E-state index in [0.29, 0.717) is 5.92 Å². The SMILES string of the molecule is c1cn2c(C3CC3)nnc2cn1. The van der Waals surface area contributed by atoms with E-state index in [9.17, 15) is 0 Å². The molecule has 1 saturated carbocycles. The van der Waals surface area contributed by atoms with Gasteiger partial charge in [-0.2, -0.15) is 0 Å². The summed E-state index contributed by atoms with van der Waals surface area (Å²) in [7, 11) is 0. The van der Waals surface area contributed by atoms with Crippen LogP contribution in [-0.2, 0) is 0 Å². The summed E-state index contributed by atoms with van der Waals surface area (Å²) in [4.78, 5) is 3.98. The van der Waals surface area contributed by atoms with Gasteiger partial charge in [0.25, 0.3) is 0 Å². The van der Waals surface area contributed by atoms with E-state index in [-0.39, 0.29) is 0 Å². The maximum Gasteiger partial charge on any atom is 0.179 e. The van der Waals surface area contributed by atoms with Crippen LogP contribution in [0.2, 0.25) is 0 Å². The van der Waals surface area contributed by atoms with Gasteiger partial charge < -0.3 is 0 Å². The molecule has 0 amide bonds. The van der Waals surface area contributed by atoms with Crippen LogP contribution in [0.15, 0.2) is 18.6 Å². The zero-order valence-corrected chi connectivity index (χ0v) is 6.51. The van der Waals surface area contributed by atoms with Gasteiger partial charge in [0.2, 0.25) is 0 Å². The number of hydrogen-bond acceptors (Lipinski definition) is 3.